The SMILES string of the molecule is O=Cc1cccc(C2C(=O)NOC2=O)c1. The molecule has 5 heteroatoms. The van der Waals surface area contributed by atoms with Crippen LogP contribution in [0, 0.1) is 0 Å². The molecule has 1 N–H and O–H groups in total. The van der Waals surface area contributed by atoms with E-state index in [0.29, 0.717) is 17.4 Å². The number of rotatable bonds is 2. The minimum atomic E-state index is -0.968. The van der Waals surface area contributed by atoms with Gasteiger partial charge in [-0.25, -0.2) is 4.79 Å². The van der Waals surface area contributed by atoms with Gasteiger partial charge in [0, 0.05) is 5.56 Å². The van der Waals surface area contributed by atoms with Crippen molar-refractivity contribution in [1.29, 1.82) is 0 Å². The molecule has 1 fully saturated rings. The Morgan fingerprint density at radius 2 is 2.13 bits per heavy atom. The third-order valence-electron chi connectivity index (χ3n) is 2.13. The lowest BCUT2D eigenvalue weighted by atomic mass is 9.98. The van der Waals surface area contributed by atoms with Crippen molar-refractivity contribution in [2.75, 3.05) is 0 Å². The van der Waals surface area contributed by atoms with Gasteiger partial charge in [-0.2, -0.15) is 5.48 Å². The largest absolute Gasteiger partial charge is 0.349 e. The molecule has 1 amide bonds. The molecule has 0 aliphatic carbocycles. The van der Waals surface area contributed by atoms with Crippen molar-refractivity contribution in [3.63, 3.8) is 0 Å². The Labute approximate surface area is 85.0 Å². The van der Waals surface area contributed by atoms with Gasteiger partial charge in [-0.15, -0.1) is 0 Å². The zero-order chi connectivity index (χ0) is 10.8. The van der Waals surface area contributed by atoms with Gasteiger partial charge in [-0.1, -0.05) is 18.2 Å². The third-order valence-corrected chi connectivity index (χ3v) is 2.13. The molecule has 1 aliphatic heterocycles. The van der Waals surface area contributed by atoms with Crippen molar-refractivity contribution in [3.05, 3.63) is 35.4 Å². The highest BCUT2D eigenvalue weighted by Gasteiger charge is 2.37. The molecule has 0 radical (unpaired) electrons. The Morgan fingerprint density at radius 3 is 2.73 bits per heavy atom. The molecule has 0 saturated carbocycles. The number of carbonyl (C=O) groups is 3. The molecule has 1 aromatic carbocycles. The van der Waals surface area contributed by atoms with E-state index in [4.69, 9.17) is 0 Å². The summed E-state index contributed by atoms with van der Waals surface area (Å²) < 4.78 is 0. The zero-order valence-electron chi connectivity index (χ0n) is 7.60. The molecule has 1 atom stereocenters. The minimum Gasteiger partial charge on any atom is -0.339 e. The smallest absolute Gasteiger partial charge is 0.339 e. The molecule has 1 unspecified atom stereocenters. The van der Waals surface area contributed by atoms with Gasteiger partial charge in [0.1, 0.15) is 6.29 Å². The van der Waals surface area contributed by atoms with Crippen molar-refractivity contribution in [2.24, 2.45) is 0 Å². The first-order valence-electron chi connectivity index (χ1n) is 4.28. The van der Waals surface area contributed by atoms with Crippen LogP contribution in [0.25, 0.3) is 0 Å². The molecule has 76 valence electrons. The molecule has 1 heterocycles. The summed E-state index contributed by atoms with van der Waals surface area (Å²) in [7, 11) is 0. The lowest BCUT2D eigenvalue weighted by Gasteiger charge is -2.02. The fraction of sp³-hybridized carbons (Fsp3) is 0.100. The number of carbonyl (C=O) groups excluding carboxylic acids is 3. The number of hydrogen-bond acceptors (Lipinski definition) is 4. The first-order valence-corrected chi connectivity index (χ1v) is 4.28. The van der Waals surface area contributed by atoms with Crippen LogP contribution < -0.4 is 5.48 Å². The van der Waals surface area contributed by atoms with E-state index in [1.165, 1.54) is 6.07 Å². The van der Waals surface area contributed by atoms with E-state index in [0.717, 1.165) is 0 Å². The zero-order valence-corrected chi connectivity index (χ0v) is 7.60. The second-order valence-electron chi connectivity index (χ2n) is 3.11. The Hall–Kier alpha value is -2.17. The van der Waals surface area contributed by atoms with E-state index >= 15 is 0 Å². The molecule has 5 nitrogen and oxygen atoms in total. The summed E-state index contributed by atoms with van der Waals surface area (Å²) in [5.41, 5.74) is 2.85. The van der Waals surface area contributed by atoms with E-state index in [-0.39, 0.29) is 0 Å². The molecule has 2 rings (SSSR count). The van der Waals surface area contributed by atoms with E-state index < -0.39 is 17.8 Å². The fourth-order valence-corrected chi connectivity index (χ4v) is 1.42. The Kier molecular flexibility index (Phi) is 2.21. The Bertz CT molecular complexity index is 425. The van der Waals surface area contributed by atoms with Crippen LogP contribution in [-0.2, 0) is 14.4 Å². The highest BCUT2D eigenvalue weighted by Crippen LogP contribution is 2.21. The monoisotopic (exact) mass is 205 g/mol. The topological polar surface area (TPSA) is 72.5 Å². The van der Waals surface area contributed by atoms with Crippen molar-refractivity contribution in [2.45, 2.75) is 5.92 Å². The summed E-state index contributed by atoms with van der Waals surface area (Å²) >= 11 is 0. The predicted molar refractivity (Wildman–Crippen MR) is 48.8 cm³/mol. The molecule has 0 spiro atoms. The third kappa shape index (κ3) is 1.59. The molecular weight excluding hydrogens is 198 g/mol. The Morgan fingerprint density at radius 1 is 1.33 bits per heavy atom. The van der Waals surface area contributed by atoms with Crippen molar-refractivity contribution in [1.82, 2.24) is 5.48 Å². The van der Waals surface area contributed by atoms with Crippen LogP contribution in [0.3, 0.4) is 0 Å². The van der Waals surface area contributed by atoms with Gasteiger partial charge in [0.15, 0.2) is 5.92 Å². The maximum atomic E-state index is 11.2. The number of hydroxylamine groups is 1. The van der Waals surface area contributed by atoms with Crippen LogP contribution in [0.2, 0.25) is 0 Å². The molecular formula is C10H7NO4. The van der Waals surface area contributed by atoms with Crippen molar-refractivity contribution in [3.8, 4) is 0 Å². The maximum absolute atomic E-state index is 11.2. The second kappa shape index (κ2) is 3.53. The summed E-state index contributed by atoms with van der Waals surface area (Å²) in [4.78, 5) is 37.3. The van der Waals surface area contributed by atoms with Gasteiger partial charge in [0.25, 0.3) is 5.91 Å². The van der Waals surface area contributed by atoms with Crippen LogP contribution >= 0.6 is 0 Å². The van der Waals surface area contributed by atoms with Crippen LogP contribution in [0.1, 0.15) is 21.8 Å². The first-order chi connectivity index (χ1) is 7.22. The van der Waals surface area contributed by atoms with Crippen LogP contribution in [0.15, 0.2) is 24.3 Å². The number of aldehydes is 1. The number of hydrogen-bond donors (Lipinski definition) is 1. The molecule has 15 heavy (non-hydrogen) atoms. The summed E-state index contributed by atoms with van der Waals surface area (Å²) in [6.45, 7) is 0. The molecule has 1 aliphatic rings. The fourth-order valence-electron chi connectivity index (χ4n) is 1.42. The highest BCUT2D eigenvalue weighted by atomic mass is 16.7. The van der Waals surface area contributed by atoms with Crippen LogP contribution in [0.4, 0.5) is 0 Å². The molecule has 0 bridgehead atoms. The van der Waals surface area contributed by atoms with Gasteiger partial charge in [0.05, 0.1) is 0 Å². The average Bonchev–Trinajstić information content (AvgIpc) is 2.59. The lowest BCUT2D eigenvalue weighted by Crippen LogP contribution is -2.17. The predicted octanol–water partition coefficient (Wildman–Crippen LogP) is 0.171. The van der Waals surface area contributed by atoms with Gasteiger partial charge in [-0.05, 0) is 11.6 Å². The van der Waals surface area contributed by atoms with Gasteiger partial charge in [0.2, 0.25) is 0 Å². The average molecular weight is 205 g/mol. The standard InChI is InChI=1S/C10H7NO4/c12-5-6-2-1-3-7(4-6)8-9(13)11-15-10(8)14/h1-5,8H,(H,11,13). The van der Waals surface area contributed by atoms with Crippen molar-refractivity contribution >= 4 is 18.2 Å². The minimum absolute atomic E-state index is 0.417. The van der Waals surface area contributed by atoms with E-state index in [1.54, 1.807) is 18.2 Å². The molecule has 0 aromatic heterocycles. The van der Waals surface area contributed by atoms with E-state index in [2.05, 4.69) is 4.84 Å². The van der Waals surface area contributed by atoms with Gasteiger partial charge >= 0.3 is 5.97 Å². The van der Waals surface area contributed by atoms with Crippen molar-refractivity contribution < 1.29 is 19.2 Å². The molecule has 1 aromatic rings. The van der Waals surface area contributed by atoms with Crippen LogP contribution in [-0.4, -0.2) is 18.2 Å². The number of amides is 1. The summed E-state index contributed by atoms with van der Waals surface area (Å²) in [6, 6.07) is 6.29. The summed E-state index contributed by atoms with van der Waals surface area (Å²) in [5, 5.41) is 0. The number of benzene rings is 1. The summed E-state index contributed by atoms with van der Waals surface area (Å²) in [5.74, 6) is -2.13. The van der Waals surface area contributed by atoms with Gasteiger partial charge in [-0.3, -0.25) is 9.59 Å². The Balaban J connectivity index is 2.40. The highest BCUT2D eigenvalue weighted by molar-refractivity contribution is 6.06. The second-order valence-corrected chi connectivity index (χ2v) is 3.11. The first kappa shape index (κ1) is 9.39. The van der Waals surface area contributed by atoms with Gasteiger partial charge < -0.3 is 4.84 Å². The quantitative estimate of drug-likeness (QED) is 0.551. The normalized spacial score (nSPS) is 19.6. The maximum Gasteiger partial charge on any atom is 0.349 e. The van der Waals surface area contributed by atoms with Crippen LogP contribution in [0.5, 0.6) is 0 Å². The summed E-state index contributed by atoms with van der Waals surface area (Å²) in [6.07, 6.45) is 0.654. The van der Waals surface area contributed by atoms with E-state index in [9.17, 15) is 14.4 Å². The number of nitrogens with one attached hydrogen (secondary N) is 1. The lowest BCUT2D eigenvalue weighted by molar-refractivity contribution is -0.144. The molecule has 1 saturated heterocycles. The van der Waals surface area contributed by atoms with E-state index in [1.807, 2.05) is 5.48 Å².